The fourth-order valence-corrected chi connectivity index (χ4v) is 3.17. The minimum absolute atomic E-state index is 0.250. The molecule has 0 radical (unpaired) electrons. The Kier molecular flexibility index (Phi) is 4.06. The molecule has 0 aliphatic heterocycles. The Hall–Kier alpha value is -1.52. The number of rotatable bonds is 3. The standard InChI is InChI=1S/C15H16ClNO2S/c1-10-5-7-14(8-12(10)3)20(18,19)17-15-9-13(16)6-4-11(15)2/h4-9,17H,1-3H3. The molecule has 3 nitrogen and oxygen atoms in total. The van der Waals surface area contributed by atoms with Gasteiger partial charge >= 0.3 is 0 Å². The van der Waals surface area contributed by atoms with Gasteiger partial charge in [0, 0.05) is 5.02 Å². The van der Waals surface area contributed by atoms with E-state index in [1.807, 2.05) is 20.8 Å². The largest absolute Gasteiger partial charge is 0.279 e. The molecule has 0 amide bonds. The SMILES string of the molecule is Cc1ccc(S(=O)(=O)Nc2cc(Cl)ccc2C)cc1C. The molecule has 0 aromatic heterocycles. The molecule has 0 saturated heterocycles. The fraction of sp³-hybridized carbons (Fsp3) is 0.200. The fourth-order valence-electron chi connectivity index (χ4n) is 1.79. The van der Waals surface area contributed by atoms with Gasteiger partial charge in [0.15, 0.2) is 0 Å². The molecule has 0 aliphatic rings. The molecule has 0 fully saturated rings. The lowest BCUT2D eigenvalue weighted by Crippen LogP contribution is -2.14. The first kappa shape index (κ1) is 14.9. The summed E-state index contributed by atoms with van der Waals surface area (Å²) in [5.41, 5.74) is 3.32. The highest BCUT2D eigenvalue weighted by molar-refractivity contribution is 7.92. The van der Waals surface area contributed by atoms with Crippen molar-refractivity contribution in [2.75, 3.05) is 4.72 Å². The number of hydrogen-bond acceptors (Lipinski definition) is 2. The van der Waals surface area contributed by atoms with E-state index in [-0.39, 0.29) is 4.90 Å². The highest BCUT2D eigenvalue weighted by Gasteiger charge is 2.16. The molecule has 0 atom stereocenters. The molecule has 0 unspecified atom stereocenters. The van der Waals surface area contributed by atoms with Gasteiger partial charge in [0.25, 0.3) is 10.0 Å². The zero-order valence-electron chi connectivity index (χ0n) is 11.6. The van der Waals surface area contributed by atoms with Crippen molar-refractivity contribution in [1.82, 2.24) is 0 Å². The van der Waals surface area contributed by atoms with E-state index in [1.165, 1.54) is 0 Å². The zero-order chi connectivity index (χ0) is 14.9. The van der Waals surface area contributed by atoms with E-state index in [2.05, 4.69) is 4.72 Å². The Balaban J connectivity index is 2.40. The summed E-state index contributed by atoms with van der Waals surface area (Å²) in [5.74, 6) is 0. The van der Waals surface area contributed by atoms with Gasteiger partial charge in [-0.3, -0.25) is 4.72 Å². The third-order valence-corrected chi connectivity index (χ3v) is 4.83. The molecule has 5 heteroatoms. The van der Waals surface area contributed by atoms with E-state index in [0.717, 1.165) is 16.7 Å². The van der Waals surface area contributed by atoms with Crippen LogP contribution in [0, 0.1) is 20.8 Å². The summed E-state index contributed by atoms with van der Waals surface area (Å²) in [4.78, 5) is 0.250. The average molecular weight is 310 g/mol. The lowest BCUT2D eigenvalue weighted by molar-refractivity contribution is 0.601. The van der Waals surface area contributed by atoms with E-state index in [1.54, 1.807) is 36.4 Å². The number of anilines is 1. The lowest BCUT2D eigenvalue weighted by Gasteiger charge is -2.12. The summed E-state index contributed by atoms with van der Waals surface area (Å²) < 4.78 is 27.3. The Labute approximate surface area is 124 Å². The molecular weight excluding hydrogens is 294 g/mol. The van der Waals surface area contributed by atoms with Gasteiger partial charge < -0.3 is 0 Å². The molecule has 0 aliphatic carbocycles. The third-order valence-electron chi connectivity index (χ3n) is 3.23. The molecule has 0 saturated carbocycles. The number of benzene rings is 2. The van der Waals surface area contributed by atoms with Gasteiger partial charge in [-0.05, 0) is 61.7 Å². The van der Waals surface area contributed by atoms with Crippen molar-refractivity contribution < 1.29 is 8.42 Å². The highest BCUT2D eigenvalue weighted by atomic mass is 35.5. The van der Waals surface area contributed by atoms with Gasteiger partial charge in [-0.2, -0.15) is 0 Å². The number of halogens is 1. The van der Waals surface area contributed by atoms with Crippen LogP contribution in [0.3, 0.4) is 0 Å². The van der Waals surface area contributed by atoms with Crippen molar-refractivity contribution in [3.8, 4) is 0 Å². The normalized spacial score (nSPS) is 11.4. The van der Waals surface area contributed by atoms with Gasteiger partial charge in [-0.1, -0.05) is 23.7 Å². The van der Waals surface area contributed by atoms with E-state index >= 15 is 0 Å². The zero-order valence-corrected chi connectivity index (χ0v) is 13.1. The second-order valence-corrected chi connectivity index (χ2v) is 6.93. The van der Waals surface area contributed by atoms with Crippen LogP contribution >= 0.6 is 11.6 Å². The Bertz CT molecular complexity index is 754. The van der Waals surface area contributed by atoms with Gasteiger partial charge in [-0.25, -0.2) is 8.42 Å². The van der Waals surface area contributed by atoms with Crippen LogP contribution in [0.1, 0.15) is 16.7 Å². The quantitative estimate of drug-likeness (QED) is 0.929. The van der Waals surface area contributed by atoms with Crippen LogP contribution in [0.15, 0.2) is 41.3 Å². The van der Waals surface area contributed by atoms with Gasteiger partial charge in [0.1, 0.15) is 0 Å². The molecule has 0 bridgehead atoms. The first-order valence-corrected chi connectivity index (χ1v) is 8.02. The minimum atomic E-state index is -3.60. The van der Waals surface area contributed by atoms with Gasteiger partial charge in [-0.15, -0.1) is 0 Å². The second kappa shape index (κ2) is 5.46. The maximum absolute atomic E-state index is 12.4. The summed E-state index contributed by atoms with van der Waals surface area (Å²) in [5, 5.41) is 0.494. The van der Waals surface area contributed by atoms with E-state index in [0.29, 0.717) is 10.7 Å². The molecule has 2 rings (SSSR count). The monoisotopic (exact) mass is 309 g/mol. The van der Waals surface area contributed by atoms with Crippen LogP contribution in [0.2, 0.25) is 5.02 Å². The molecular formula is C15H16ClNO2S. The lowest BCUT2D eigenvalue weighted by atomic mass is 10.1. The van der Waals surface area contributed by atoms with Crippen LogP contribution in [0.25, 0.3) is 0 Å². The first-order valence-electron chi connectivity index (χ1n) is 6.16. The number of sulfonamides is 1. The van der Waals surface area contributed by atoms with Gasteiger partial charge in [0.2, 0.25) is 0 Å². The predicted molar refractivity (Wildman–Crippen MR) is 82.9 cm³/mol. The maximum atomic E-state index is 12.4. The van der Waals surface area contributed by atoms with Gasteiger partial charge in [0.05, 0.1) is 10.6 Å². The summed E-state index contributed by atoms with van der Waals surface area (Å²) in [6.07, 6.45) is 0. The van der Waals surface area contributed by atoms with Crippen LogP contribution < -0.4 is 4.72 Å². The molecule has 20 heavy (non-hydrogen) atoms. The van der Waals surface area contributed by atoms with E-state index in [4.69, 9.17) is 11.6 Å². The predicted octanol–water partition coefficient (Wildman–Crippen LogP) is 4.07. The Morgan fingerprint density at radius 3 is 2.20 bits per heavy atom. The van der Waals surface area contributed by atoms with Crippen LogP contribution in [-0.2, 0) is 10.0 Å². The molecule has 0 spiro atoms. The van der Waals surface area contributed by atoms with Crippen molar-refractivity contribution in [1.29, 1.82) is 0 Å². The summed E-state index contributed by atoms with van der Waals surface area (Å²) in [6.45, 7) is 5.66. The average Bonchev–Trinajstić information content (AvgIpc) is 2.36. The second-order valence-electron chi connectivity index (χ2n) is 4.81. The van der Waals surface area contributed by atoms with Crippen molar-refractivity contribution in [2.24, 2.45) is 0 Å². The number of hydrogen-bond donors (Lipinski definition) is 1. The molecule has 0 heterocycles. The molecule has 2 aromatic carbocycles. The van der Waals surface area contributed by atoms with Crippen molar-refractivity contribution >= 4 is 27.3 Å². The number of aryl methyl sites for hydroxylation is 3. The van der Waals surface area contributed by atoms with E-state index in [9.17, 15) is 8.42 Å². The van der Waals surface area contributed by atoms with Crippen LogP contribution in [0.4, 0.5) is 5.69 Å². The maximum Gasteiger partial charge on any atom is 0.261 e. The summed E-state index contributed by atoms with van der Waals surface area (Å²) in [7, 11) is -3.60. The first-order chi connectivity index (χ1) is 9.29. The van der Waals surface area contributed by atoms with Crippen molar-refractivity contribution in [2.45, 2.75) is 25.7 Å². The van der Waals surface area contributed by atoms with Crippen molar-refractivity contribution in [3.05, 3.63) is 58.1 Å². The van der Waals surface area contributed by atoms with Crippen molar-refractivity contribution in [3.63, 3.8) is 0 Å². The van der Waals surface area contributed by atoms with Crippen LogP contribution in [-0.4, -0.2) is 8.42 Å². The molecule has 106 valence electrons. The summed E-state index contributed by atoms with van der Waals surface area (Å²) in [6, 6.07) is 10.2. The smallest absolute Gasteiger partial charge is 0.261 e. The Morgan fingerprint density at radius 2 is 1.55 bits per heavy atom. The van der Waals surface area contributed by atoms with E-state index < -0.39 is 10.0 Å². The molecule has 2 aromatic rings. The van der Waals surface area contributed by atoms with Crippen LogP contribution in [0.5, 0.6) is 0 Å². The highest BCUT2D eigenvalue weighted by Crippen LogP contribution is 2.24. The molecule has 1 N–H and O–H groups in total. The minimum Gasteiger partial charge on any atom is -0.279 e. The Morgan fingerprint density at radius 1 is 0.900 bits per heavy atom. The topological polar surface area (TPSA) is 46.2 Å². The third kappa shape index (κ3) is 3.14. The summed E-state index contributed by atoms with van der Waals surface area (Å²) >= 11 is 5.90. The number of nitrogens with one attached hydrogen (secondary N) is 1.